The van der Waals surface area contributed by atoms with Crippen LogP contribution in [0, 0.1) is 0 Å². The monoisotopic (exact) mass is 529 g/mol. The van der Waals surface area contributed by atoms with Crippen molar-refractivity contribution < 1.29 is 18.8 Å². The number of benzene rings is 3. The highest BCUT2D eigenvalue weighted by molar-refractivity contribution is 6.99. The van der Waals surface area contributed by atoms with E-state index < -0.39 is 26.1 Å². The molecular formula is C32H39NO4Si. The van der Waals surface area contributed by atoms with Gasteiger partial charge < -0.3 is 9.16 Å². The number of carbonyl (C=O) groups is 2. The second kappa shape index (κ2) is 10.9. The number of nitrogens with zero attached hydrogens (tertiary/aromatic N) is 1. The molecule has 1 aliphatic heterocycles. The molecule has 1 aliphatic rings. The maximum atomic E-state index is 13.4. The fourth-order valence-electron chi connectivity index (χ4n) is 5.54. The molecule has 1 saturated heterocycles. The van der Waals surface area contributed by atoms with Gasteiger partial charge in [-0.2, -0.15) is 0 Å². The van der Waals surface area contributed by atoms with Crippen LogP contribution in [0.2, 0.25) is 5.04 Å². The van der Waals surface area contributed by atoms with Crippen molar-refractivity contribution >= 4 is 30.7 Å². The molecule has 2 amide bonds. The quantitative estimate of drug-likeness (QED) is 0.374. The van der Waals surface area contributed by atoms with Gasteiger partial charge in [-0.15, -0.1) is 0 Å². The minimum atomic E-state index is -2.87. The third-order valence-corrected chi connectivity index (χ3v) is 12.2. The van der Waals surface area contributed by atoms with Crippen LogP contribution in [0.5, 0.6) is 0 Å². The molecule has 6 heteroatoms. The molecule has 0 unspecified atom stereocenters. The van der Waals surface area contributed by atoms with Crippen molar-refractivity contribution in [3.63, 3.8) is 0 Å². The van der Waals surface area contributed by atoms with Crippen molar-refractivity contribution in [1.82, 2.24) is 4.90 Å². The van der Waals surface area contributed by atoms with E-state index in [1.165, 1.54) is 4.90 Å². The Bertz CT molecular complexity index is 1190. The van der Waals surface area contributed by atoms with E-state index in [4.69, 9.17) is 9.16 Å². The average molecular weight is 530 g/mol. The molecule has 0 saturated carbocycles. The largest absolute Gasteiger partial charge is 0.443 e. The van der Waals surface area contributed by atoms with Crippen molar-refractivity contribution in [3.05, 3.63) is 96.6 Å². The summed E-state index contributed by atoms with van der Waals surface area (Å²) in [5.74, 6) is -0.418. The fourth-order valence-corrected chi connectivity index (χ4v) is 10.1. The van der Waals surface area contributed by atoms with Gasteiger partial charge in [-0.05, 0) is 41.7 Å². The van der Waals surface area contributed by atoms with Crippen LogP contribution in [0.3, 0.4) is 0 Å². The summed E-state index contributed by atoms with van der Waals surface area (Å²) in [6.07, 6.45) is -0.380. The average Bonchev–Trinajstić information content (AvgIpc) is 3.20. The zero-order valence-corrected chi connectivity index (χ0v) is 24.3. The van der Waals surface area contributed by atoms with Gasteiger partial charge in [0.15, 0.2) is 0 Å². The summed E-state index contributed by atoms with van der Waals surface area (Å²) in [5, 5.41) is 2.09. The predicted molar refractivity (Wildman–Crippen MR) is 154 cm³/mol. The van der Waals surface area contributed by atoms with Gasteiger partial charge in [0.2, 0.25) is 5.91 Å². The Kier molecular flexibility index (Phi) is 7.95. The number of ether oxygens (including phenoxy) is 1. The standard InChI is InChI=1S/C32H39NO4Si/c1-31(2,3)37-30(35)33-28(27(22-29(33)34)24-16-10-7-11-17-24)23-36-38(32(4,5)6,25-18-12-8-13-19-25)26-20-14-9-15-21-26/h7-21,27-28H,22-23H2,1-6H3/t27-,28-/m1/s1. The number of hydrogen-bond acceptors (Lipinski definition) is 4. The molecule has 200 valence electrons. The molecule has 38 heavy (non-hydrogen) atoms. The van der Waals surface area contributed by atoms with E-state index in [1.54, 1.807) is 0 Å². The highest BCUT2D eigenvalue weighted by atomic mass is 28.4. The fraction of sp³-hybridized carbons (Fsp3) is 0.375. The molecule has 3 aromatic carbocycles. The molecule has 0 N–H and O–H groups in total. The van der Waals surface area contributed by atoms with Crippen LogP contribution in [0.4, 0.5) is 4.79 Å². The predicted octanol–water partition coefficient (Wildman–Crippen LogP) is 5.88. The lowest BCUT2D eigenvalue weighted by molar-refractivity contribution is -0.128. The van der Waals surface area contributed by atoms with Gasteiger partial charge in [-0.3, -0.25) is 4.79 Å². The lowest BCUT2D eigenvalue weighted by Crippen LogP contribution is -2.67. The minimum Gasteiger partial charge on any atom is -0.443 e. The molecule has 1 fully saturated rings. The van der Waals surface area contributed by atoms with E-state index in [0.29, 0.717) is 0 Å². The summed E-state index contributed by atoms with van der Waals surface area (Å²) in [5.41, 5.74) is 0.300. The van der Waals surface area contributed by atoms with E-state index in [-0.39, 0.29) is 29.9 Å². The Morgan fingerprint density at radius 2 is 1.29 bits per heavy atom. The molecule has 0 aromatic heterocycles. The summed E-state index contributed by atoms with van der Waals surface area (Å²) >= 11 is 0. The van der Waals surface area contributed by atoms with Crippen LogP contribution >= 0.6 is 0 Å². The Morgan fingerprint density at radius 3 is 1.74 bits per heavy atom. The summed E-state index contributed by atoms with van der Waals surface area (Å²) in [4.78, 5) is 28.0. The van der Waals surface area contributed by atoms with Gasteiger partial charge in [-0.1, -0.05) is 112 Å². The van der Waals surface area contributed by atoms with Crippen molar-refractivity contribution in [1.29, 1.82) is 0 Å². The number of likely N-dealkylation sites (tertiary alicyclic amines) is 1. The van der Waals surface area contributed by atoms with Crippen LogP contribution in [0.25, 0.3) is 0 Å². The second-order valence-electron chi connectivity index (χ2n) is 12.0. The Labute approximate surface area is 227 Å². The van der Waals surface area contributed by atoms with Gasteiger partial charge in [0.05, 0.1) is 12.6 Å². The van der Waals surface area contributed by atoms with Gasteiger partial charge >= 0.3 is 6.09 Å². The molecule has 1 heterocycles. The molecule has 0 spiro atoms. The van der Waals surface area contributed by atoms with Gasteiger partial charge in [0.1, 0.15) is 5.60 Å². The first-order valence-corrected chi connectivity index (χ1v) is 15.2. The van der Waals surface area contributed by atoms with E-state index in [2.05, 4.69) is 45.0 Å². The number of rotatable bonds is 6. The molecule has 2 atom stereocenters. The summed E-state index contributed by atoms with van der Waals surface area (Å²) in [6.45, 7) is 12.3. The van der Waals surface area contributed by atoms with E-state index in [0.717, 1.165) is 15.9 Å². The molecule has 5 nitrogen and oxygen atoms in total. The lowest BCUT2D eigenvalue weighted by Gasteiger charge is -2.44. The van der Waals surface area contributed by atoms with E-state index in [9.17, 15) is 9.59 Å². The third-order valence-electron chi connectivity index (χ3n) is 7.16. The molecule has 0 aliphatic carbocycles. The lowest BCUT2D eigenvalue weighted by atomic mass is 9.92. The van der Waals surface area contributed by atoms with E-state index >= 15 is 0 Å². The second-order valence-corrected chi connectivity index (χ2v) is 16.3. The first kappa shape index (κ1) is 27.8. The van der Waals surface area contributed by atoms with Crippen molar-refractivity contribution in [2.75, 3.05) is 6.61 Å². The number of hydrogen-bond donors (Lipinski definition) is 0. The topological polar surface area (TPSA) is 55.8 Å². The van der Waals surface area contributed by atoms with Crippen LogP contribution in [0.1, 0.15) is 59.4 Å². The van der Waals surface area contributed by atoms with Crippen LogP contribution in [0.15, 0.2) is 91.0 Å². The number of carbonyl (C=O) groups excluding carboxylic acids is 2. The highest BCUT2D eigenvalue weighted by Gasteiger charge is 2.53. The number of imide groups is 1. The SMILES string of the molecule is CC(C)(C)OC(=O)N1C(=O)C[C@H](c2ccccc2)[C@H]1CO[Si](c1ccccc1)(c1ccccc1)C(C)(C)C. The molecule has 4 rings (SSSR count). The number of amides is 2. The van der Waals surface area contributed by atoms with Crippen molar-refractivity contribution in [2.24, 2.45) is 0 Å². The maximum Gasteiger partial charge on any atom is 0.417 e. The third kappa shape index (κ3) is 5.61. The molecule has 0 bridgehead atoms. The van der Waals surface area contributed by atoms with Crippen LogP contribution in [-0.4, -0.2) is 43.5 Å². The summed E-state index contributed by atoms with van der Waals surface area (Å²) in [7, 11) is -2.87. The first-order chi connectivity index (χ1) is 17.9. The normalized spacial score (nSPS) is 18.5. The Hall–Kier alpha value is -3.22. The minimum absolute atomic E-state index is 0.186. The van der Waals surface area contributed by atoms with Gasteiger partial charge in [0.25, 0.3) is 8.32 Å². The van der Waals surface area contributed by atoms with Crippen molar-refractivity contribution in [2.45, 2.75) is 70.6 Å². The van der Waals surface area contributed by atoms with Crippen LogP contribution < -0.4 is 10.4 Å². The Balaban J connectivity index is 1.80. The highest BCUT2D eigenvalue weighted by Crippen LogP contribution is 2.40. The first-order valence-electron chi connectivity index (χ1n) is 13.3. The maximum absolute atomic E-state index is 13.4. The van der Waals surface area contributed by atoms with Crippen molar-refractivity contribution in [3.8, 4) is 0 Å². The molecule has 3 aromatic rings. The summed E-state index contributed by atoms with van der Waals surface area (Å²) in [6, 6.07) is 30.3. The Morgan fingerprint density at radius 1 is 0.816 bits per heavy atom. The zero-order valence-electron chi connectivity index (χ0n) is 23.3. The summed E-state index contributed by atoms with van der Waals surface area (Å²) < 4.78 is 12.9. The molecular weight excluding hydrogens is 490 g/mol. The molecule has 0 radical (unpaired) electrons. The smallest absolute Gasteiger partial charge is 0.417 e. The van der Waals surface area contributed by atoms with Crippen LogP contribution in [-0.2, 0) is 14.0 Å². The van der Waals surface area contributed by atoms with Gasteiger partial charge in [0, 0.05) is 12.3 Å². The van der Waals surface area contributed by atoms with E-state index in [1.807, 2.05) is 87.5 Å². The van der Waals surface area contributed by atoms with Gasteiger partial charge in [-0.25, -0.2) is 9.69 Å². The zero-order chi connectivity index (χ0) is 27.6.